The summed E-state index contributed by atoms with van der Waals surface area (Å²) in [6.45, 7) is 1.99. The van der Waals surface area contributed by atoms with E-state index in [1.165, 1.54) is 18.2 Å². The first-order valence-electron chi connectivity index (χ1n) is 7.40. The predicted molar refractivity (Wildman–Crippen MR) is 83.1 cm³/mol. The van der Waals surface area contributed by atoms with Crippen LogP contribution in [-0.4, -0.2) is 17.1 Å². The van der Waals surface area contributed by atoms with E-state index in [0.29, 0.717) is 5.56 Å². The number of benzene rings is 2. The van der Waals surface area contributed by atoms with E-state index in [0.717, 1.165) is 17.7 Å². The first-order valence-corrected chi connectivity index (χ1v) is 7.40. The second kappa shape index (κ2) is 5.89. The van der Waals surface area contributed by atoms with Gasteiger partial charge in [-0.3, -0.25) is 4.79 Å². The van der Waals surface area contributed by atoms with E-state index in [4.69, 9.17) is 0 Å². The normalized spacial score (nSPS) is 18.1. The van der Waals surface area contributed by atoms with Crippen molar-refractivity contribution in [1.29, 1.82) is 0 Å². The first kappa shape index (κ1) is 14.7. The van der Waals surface area contributed by atoms with Crippen molar-refractivity contribution >= 4 is 11.6 Å². The number of carbonyl (C=O) groups is 1. The summed E-state index contributed by atoms with van der Waals surface area (Å²) in [5.74, 6) is -0.557. The van der Waals surface area contributed by atoms with Gasteiger partial charge < -0.3 is 10.0 Å². The van der Waals surface area contributed by atoms with Crippen LogP contribution in [0.25, 0.3) is 0 Å². The molecule has 2 aromatic carbocycles. The van der Waals surface area contributed by atoms with Crippen molar-refractivity contribution in [3.05, 3.63) is 65.5 Å². The van der Waals surface area contributed by atoms with Crippen molar-refractivity contribution in [3.8, 4) is 0 Å². The van der Waals surface area contributed by atoms with Gasteiger partial charge in [0.05, 0.1) is 12.5 Å². The van der Waals surface area contributed by atoms with Crippen molar-refractivity contribution < 1.29 is 14.3 Å². The predicted octanol–water partition coefficient (Wildman–Crippen LogP) is 3.23. The molecule has 3 nitrogen and oxygen atoms in total. The Labute approximate surface area is 129 Å². The fourth-order valence-electron chi connectivity index (χ4n) is 3.04. The average Bonchev–Trinajstić information content (AvgIpc) is 2.83. The summed E-state index contributed by atoms with van der Waals surface area (Å²) in [7, 11) is 0. The molecule has 0 saturated carbocycles. The minimum atomic E-state index is -0.997. The molecule has 0 aliphatic carbocycles. The second-order valence-electron chi connectivity index (χ2n) is 5.72. The maximum atomic E-state index is 13.2. The molecule has 0 aromatic heterocycles. The fourth-order valence-corrected chi connectivity index (χ4v) is 3.04. The quantitative estimate of drug-likeness (QED) is 0.945. The third-order valence-corrected chi connectivity index (χ3v) is 4.08. The Morgan fingerprint density at radius 1 is 1.32 bits per heavy atom. The van der Waals surface area contributed by atoms with Crippen molar-refractivity contribution in [2.24, 2.45) is 0 Å². The number of para-hydroxylation sites is 1. The van der Waals surface area contributed by atoms with Crippen LogP contribution in [0.4, 0.5) is 10.1 Å². The van der Waals surface area contributed by atoms with Crippen molar-refractivity contribution in [3.63, 3.8) is 0 Å². The van der Waals surface area contributed by atoms with E-state index in [1.807, 2.05) is 31.2 Å². The van der Waals surface area contributed by atoms with Crippen molar-refractivity contribution in [2.75, 3.05) is 4.90 Å². The number of nitrogens with zero attached hydrogens (tertiary/aromatic N) is 1. The Balaban J connectivity index is 1.77. The number of carbonyl (C=O) groups excluding carboxylic acids is 1. The SMILES string of the molecule is CC1Cc2ccccc2N1C(=O)CC(O)c1cccc(F)c1. The molecule has 0 saturated heterocycles. The van der Waals surface area contributed by atoms with E-state index in [9.17, 15) is 14.3 Å². The van der Waals surface area contributed by atoms with Gasteiger partial charge in [0.15, 0.2) is 0 Å². The number of anilines is 1. The summed E-state index contributed by atoms with van der Waals surface area (Å²) in [4.78, 5) is 14.3. The summed E-state index contributed by atoms with van der Waals surface area (Å²) < 4.78 is 13.2. The summed E-state index contributed by atoms with van der Waals surface area (Å²) in [5.41, 5.74) is 2.48. The molecule has 2 aromatic rings. The molecule has 3 rings (SSSR count). The van der Waals surface area contributed by atoms with Crippen LogP contribution in [0.5, 0.6) is 0 Å². The zero-order valence-corrected chi connectivity index (χ0v) is 12.4. The van der Waals surface area contributed by atoms with Gasteiger partial charge in [0.1, 0.15) is 5.82 Å². The van der Waals surface area contributed by atoms with Gasteiger partial charge in [-0.25, -0.2) is 4.39 Å². The Bertz CT molecular complexity index is 701. The number of hydrogen-bond donors (Lipinski definition) is 1. The largest absolute Gasteiger partial charge is 0.388 e. The standard InChI is InChI=1S/C18H18FNO2/c1-12-9-13-5-2-3-8-16(13)20(12)18(22)11-17(21)14-6-4-7-15(19)10-14/h2-8,10,12,17,21H,9,11H2,1H3. The van der Waals surface area contributed by atoms with Gasteiger partial charge in [0.25, 0.3) is 0 Å². The Kier molecular flexibility index (Phi) is 3.94. The van der Waals surface area contributed by atoms with E-state index in [1.54, 1.807) is 11.0 Å². The minimum Gasteiger partial charge on any atom is -0.388 e. The Hall–Kier alpha value is -2.20. The molecule has 1 aliphatic heterocycles. The third kappa shape index (κ3) is 2.74. The monoisotopic (exact) mass is 299 g/mol. The van der Waals surface area contributed by atoms with Gasteiger partial charge in [0.2, 0.25) is 5.91 Å². The summed E-state index contributed by atoms with van der Waals surface area (Å²) >= 11 is 0. The highest BCUT2D eigenvalue weighted by Gasteiger charge is 2.31. The van der Waals surface area contributed by atoms with Crippen LogP contribution in [-0.2, 0) is 11.2 Å². The lowest BCUT2D eigenvalue weighted by molar-refractivity contribution is -0.120. The molecule has 0 fully saturated rings. The lowest BCUT2D eigenvalue weighted by atomic mass is 10.1. The van der Waals surface area contributed by atoms with Gasteiger partial charge in [-0.15, -0.1) is 0 Å². The van der Waals surface area contributed by atoms with Crippen LogP contribution in [0, 0.1) is 5.82 Å². The highest BCUT2D eigenvalue weighted by Crippen LogP contribution is 2.33. The van der Waals surface area contributed by atoms with Crippen LogP contribution < -0.4 is 4.90 Å². The average molecular weight is 299 g/mol. The van der Waals surface area contributed by atoms with Crippen LogP contribution in [0.1, 0.15) is 30.6 Å². The van der Waals surface area contributed by atoms with Gasteiger partial charge in [0, 0.05) is 11.7 Å². The van der Waals surface area contributed by atoms with Crippen LogP contribution in [0.3, 0.4) is 0 Å². The number of amides is 1. The van der Waals surface area contributed by atoms with Crippen LogP contribution >= 0.6 is 0 Å². The molecule has 2 atom stereocenters. The topological polar surface area (TPSA) is 40.5 Å². The number of fused-ring (bicyclic) bond motifs is 1. The highest BCUT2D eigenvalue weighted by atomic mass is 19.1. The fraction of sp³-hybridized carbons (Fsp3) is 0.278. The van der Waals surface area contributed by atoms with E-state index in [-0.39, 0.29) is 18.4 Å². The molecule has 4 heteroatoms. The minimum absolute atomic E-state index is 0.0534. The van der Waals surface area contributed by atoms with Gasteiger partial charge >= 0.3 is 0 Å². The number of hydrogen-bond acceptors (Lipinski definition) is 2. The maximum absolute atomic E-state index is 13.2. The number of aliphatic hydroxyl groups is 1. The van der Waals surface area contributed by atoms with Gasteiger partial charge in [-0.05, 0) is 42.7 Å². The van der Waals surface area contributed by atoms with Crippen molar-refractivity contribution in [2.45, 2.75) is 31.9 Å². The molecule has 1 heterocycles. The van der Waals surface area contributed by atoms with Gasteiger partial charge in [-0.1, -0.05) is 30.3 Å². The number of halogens is 1. The zero-order valence-electron chi connectivity index (χ0n) is 12.4. The molecule has 0 bridgehead atoms. The van der Waals surface area contributed by atoms with Gasteiger partial charge in [-0.2, -0.15) is 0 Å². The maximum Gasteiger partial charge on any atom is 0.230 e. The molecule has 22 heavy (non-hydrogen) atoms. The summed E-state index contributed by atoms with van der Waals surface area (Å²) in [5, 5.41) is 10.2. The summed E-state index contributed by atoms with van der Waals surface area (Å²) in [6.07, 6.45) is -0.233. The highest BCUT2D eigenvalue weighted by molar-refractivity contribution is 5.96. The second-order valence-corrected chi connectivity index (χ2v) is 5.72. The zero-order chi connectivity index (χ0) is 15.7. The molecular weight excluding hydrogens is 281 g/mol. The number of aliphatic hydroxyl groups excluding tert-OH is 1. The lowest BCUT2D eigenvalue weighted by Crippen LogP contribution is -2.36. The molecule has 1 aliphatic rings. The summed E-state index contributed by atoms with van der Waals surface area (Å²) in [6, 6.07) is 13.6. The van der Waals surface area contributed by atoms with Crippen LogP contribution in [0.2, 0.25) is 0 Å². The molecular formula is C18H18FNO2. The smallest absolute Gasteiger partial charge is 0.230 e. The molecule has 1 amide bonds. The molecule has 2 unspecified atom stereocenters. The first-order chi connectivity index (χ1) is 10.6. The molecule has 0 spiro atoms. The third-order valence-electron chi connectivity index (χ3n) is 4.08. The van der Waals surface area contributed by atoms with E-state index >= 15 is 0 Å². The molecule has 1 N–H and O–H groups in total. The van der Waals surface area contributed by atoms with E-state index < -0.39 is 11.9 Å². The van der Waals surface area contributed by atoms with Crippen molar-refractivity contribution in [1.82, 2.24) is 0 Å². The molecule has 0 radical (unpaired) electrons. The lowest BCUT2D eigenvalue weighted by Gasteiger charge is -2.24. The Morgan fingerprint density at radius 3 is 2.86 bits per heavy atom. The van der Waals surface area contributed by atoms with E-state index in [2.05, 4.69) is 0 Å². The number of rotatable bonds is 3. The van der Waals surface area contributed by atoms with Crippen LogP contribution in [0.15, 0.2) is 48.5 Å². The molecule has 114 valence electrons. The Morgan fingerprint density at radius 2 is 2.09 bits per heavy atom.